The molecule has 2 saturated heterocycles. The molecule has 49 heavy (non-hydrogen) atoms. The summed E-state index contributed by atoms with van der Waals surface area (Å²) in [6.07, 6.45) is 7.25. The minimum Gasteiger partial charge on any atom is -0.460 e. The average molecular weight is 692 g/mol. The Bertz CT molecular complexity index is 1240. The van der Waals surface area contributed by atoms with Crippen LogP contribution in [0.1, 0.15) is 86.0 Å². The van der Waals surface area contributed by atoms with Crippen LogP contribution >= 0.6 is 0 Å². The van der Waals surface area contributed by atoms with Gasteiger partial charge in [0.25, 0.3) is 0 Å². The lowest BCUT2D eigenvalue weighted by Crippen LogP contribution is -2.55. The molecule has 0 bridgehead atoms. The predicted octanol–water partition coefficient (Wildman–Crippen LogP) is 1.00. The Kier molecular flexibility index (Phi) is 13.5. The largest absolute Gasteiger partial charge is 0.460 e. The molecule has 1 spiro atoms. The number of rotatable bonds is 18. The van der Waals surface area contributed by atoms with E-state index in [4.69, 9.17) is 24.8 Å². The lowest BCUT2D eigenvalue weighted by atomic mass is 9.68. The van der Waals surface area contributed by atoms with Gasteiger partial charge in [0.05, 0.1) is 38.3 Å². The van der Waals surface area contributed by atoms with Crippen molar-refractivity contribution < 1.29 is 42.9 Å². The molecule has 2 aliphatic carbocycles. The standard InChI is InChI=1S/C35H57N5O9/c1-20(2)7-12-27-34(5,49-27)32-31(46-6)26(13-14-35(32)19-47-35)48-29(44)15-22-8-10-23(11-9-22)39-28(43)18-37-16-24(41)25(42)17-38-33(45)30(40-36)21(3)4/h7,21-23,26-27,30-32,37,40H,8-19,36H2,1-6H3,(H,38,45)(H,39,43)/t22?,23?,26?,27-,30+,31?,32?,34?,35+/m1/s1. The van der Waals surface area contributed by atoms with E-state index >= 15 is 0 Å². The molecule has 14 nitrogen and oxygen atoms in total. The molecule has 0 radical (unpaired) electrons. The van der Waals surface area contributed by atoms with Crippen molar-refractivity contribution in [2.45, 2.75) is 128 Å². The maximum atomic E-state index is 13.2. The van der Waals surface area contributed by atoms with Crippen LogP contribution in [0.4, 0.5) is 0 Å². The number of allylic oxidation sites excluding steroid dienone is 1. The fourth-order valence-corrected chi connectivity index (χ4v) is 7.65. The fourth-order valence-electron chi connectivity index (χ4n) is 7.65. The molecule has 14 heteroatoms. The van der Waals surface area contributed by atoms with Crippen LogP contribution in [0.15, 0.2) is 11.6 Å². The van der Waals surface area contributed by atoms with Crippen LogP contribution in [0, 0.1) is 17.8 Å². The zero-order valence-corrected chi connectivity index (χ0v) is 29.9. The van der Waals surface area contributed by atoms with E-state index in [1.807, 2.05) is 0 Å². The van der Waals surface area contributed by atoms with E-state index < -0.39 is 35.7 Å². The van der Waals surface area contributed by atoms with E-state index in [9.17, 15) is 24.0 Å². The third kappa shape index (κ3) is 10.2. The fraction of sp³-hybridized carbons (Fsp3) is 0.800. The maximum absolute atomic E-state index is 13.2. The minimum atomic E-state index is -0.769. The Morgan fingerprint density at radius 1 is 1.00 bits per heavy atom. The molecule has 4 fully saturated rings. The molecule has 2 saturated carbocycles. The van der Waals surface area contributed by atoms with Crippen LogP contribution in [-0.2, 0) is 42.9 Å². The monoisotopic (exact) mass is 691 g/mol. The summed E-state index contributed by atoms with van der Waals surface area (Å²) in [6, 6.07) is -0.722. The topological polar surface area (TPSA) is 203 Å². The Balaban J connectivity index is 1.14. The molecule has 4 aliphatic rings. The third-order valence-electron chi connectivity index (χ3n) is 10.6. The summed E-state index contributed by atoms with van der Waals surface area (Å²) in [7, 11) is 1.67. The normalized spacial score (nSPS) is 32.6. The first-order chi connectivity index (χ1) is 23.2. The first-order valence-electron chi connectivity index (χ1n) is 17.7. The van der Waals surface area contributed by atoms with Gasteiger partial charge in [-0.05, 0) is 77.6 Å². The number of hydrogen-bond acceptors (Lipinski definition) is 12. The molecule has 4 unspecified atom stereocenters. The van der Waals surface area contributed by atoms with Crippen molar-refractivity contribution in [3.63, 3.8) is 0 Å². The van der Waals surface area contributed by atoms with Gasteiger partial charge in [-0.3, -0.25) is 29.8 Å². The number of hydrazine groups is 1. The number of ether oxygens (including phenoxy) is 4. The second-order valence-electron chi connectivity index (χ2n) is 15.0. The number of hydrogen-bond donors (Lipinski definition) is 5. The number of ketones is 2. The first kappa shape index (κ1) is 39.0. The van der Waals surface area contributed by atoms with E-state index in [2.05, 4.69) is 48.2 Å². The quantitative estimate of drug-likeness (QED) is 0.0341. The highest BCUT2D eigenvalue weighted by atomic mass is 16.6. The lowest BCUT2D eigenvalue weighted by Gasteiger charge is -2.42. The number of amides is 2. The van der Waals surface area contributed by atoms with Crippen LogP contribution in [0.25, 0.3) is 0 Å². The van der Waals surface area contributed by atoms with Gasteiger partial charge in [-0.2, -0.15) is 0 Å². The summed E-state index contributed by atoms with van der Waals surface area (Å²) in [6.45, 7) is 9.67. The molecule has 276 valence electrons. The highest BCUT2D eigenvalue weighted by Crippen LogP contribution is 2.59. The van der Waals surface area contributed by atoms with Gasteiger partial charge in [0.1, 0.15) is 29.5 Å². The Morgan fingerprint density at radius 3 is 2.27 bits per heavy atom. The van der Waals surface area contributed by atoms with Crippen LogP contribution in [0.3, 0.4) is 0 Å². The molecule has 4 rings (SSSR count). The van der Waals surface area contributed by atoms with Crippen molar-refractivity contribution in [3.05, 3.63) is 11.6 Å². The number of nitrogens with two attached hydrogens (primary N) is 1. The van der Waals surface area contributed by atoms with E-state index in [-0.39, 0.29) is 72.7 Å². The summed E-state index contributed by atoms with van der Waals surface area (Å²) in [4.78, 5) is 62.0. The summed E-state index contributed by atoms with van der Waals surface area (Å²) in [5, 5.41) is 8.07. The van der Waals surface area contributed by atoms with Crippen LogP contribution in [0.2, 0.25) is 0 Å². The number of carbonyl (C=O) groups is 5. The number of esters is 1. The van der Waals surface area contributed by atoms with Crippen LogP contribution < -0.4 is 27.2 Å². The summed E-state index contributed by atoms with van der Waals surface area (Å²) in [5.41, 5.74) is 2.97. The molecule has 0 aromatic rings. The second-order valence-corrected chi connectivity index (χ2v) is 15.0. The molecular formula is C35H57N5O9. The van der Waals surface area contributed by atoms with Gasteiger partial charge in [-0.25, -0.2) is 5.43 Å². The van der Waals surface area contributed by atoms with Gasteiger partial charge in [0, 0.05) is 19.6 Å². The second kappa shape index (κ2) is 17.0. The van der Waals surface area contributed by atoms with Gasteiger partial charge in [0.15, 0.2) is 0 Å². The highest BCUT2D eigenvalue weighted by molar-refractivity contribution is 6.39. The number of methoxy groups -OCH3 is 1. The Morgan fingerprint density at radius 2 is 1.67 bits per heavy atom. The average Bonchev–Trinajstić information content (AvgIpc) is 3.97. The molecular weight excluding hydrogens is 634 g/mol. The van der Waals surface area contributed by atoms with Crippen LogP contribution in [-0.4, -0.2) is 104 Å². The highest BCUT2D eigenvalue weighted by Gasteiger charge is 2.72. The van der Waals surface area contributed by atoms with Crippen molar-refractivity contribution in [2.24, 2.45) is 23.6 Å². The molecule has 7 atom stereocenters. The SMILES string of the molecule is COC1C(OC(=O)CC2CCC(NC(=O)CNCC(=O)C(=O)CNC(=O)[C@@H](NN)C(C)C)CC2)CC[C@]2(CO2)C1C1(C)O[C@@H]1CC=C(C)C. The zero-order valence-electron chi connectivity index (χ0n) is 29.9. The molecule has 2 heterocycles. The summed E-state index contributed by atoms with van der Waals surface area (Å²) < 4.78 is 24.4. The number of epoxide rings is 2. The van der Waals surface area contributed by atoms with Crippen molar-refractivity contribution in [2.75, 3.05) is 33.4 Å². The Hall–Kier alpha value is -2.75. The third-order valence-corrected chi connectivity index (χ3v) is 10.6. The zero-order chi connectivity index (χ0) is 35.9. The smallest absolute Gasteiger partial charge is 0.306 e. The Labute approximate surface area is 289 Å². The van der Waals surface area contributed by atoms with E-state index in [0.29, 0.717) is 19.4 Å². The van der Waals surface area contributed by atoms with E-state index in [0.717, 1.165) is 38.5 Å². The summed E-state index contributed by atoms with van der Waals surface area (Å²) >= 11 is 0. The molecule has 2 amide bonds. The van der Waals surface area contributed by atoms with Crippen molar-refractivity contribution in [1.82, 2.24) is 21.4 Å². The van der Waals surface area contributed by atoms with Gasteiger partial charge in [0.2, 0.25) is 23.4 Å². The maximum Gasteiger partial charge on any atom is 0.306 e. The van der Waals surface area contributed by atoms with Gasteiger partial charge >= 0.3 is 5.97 Å². The van der Waals surface area contributed by atoms with Gasteiger partial charge in [-0.15, -0.1) is 0 Å². The number of carbonyl (C=O) groups excluding carboxylic acids is 5. The number of nitrogens with one attached hydrogen (secondary N) is 4. The summed E-state index contributed by atoms with van der Waals surface area (Å²) in [5.74, 6) is 2.92. The van der Waals surface area contributed by atoms with E-state index in [1.54, 1.807) is 21.0 Å². The predicted molar refractivity (Wildman–Crippen MR) is 180 cm³/mol. The van der Waals surface area contributed by atoms with Gasteiger partial charge in [-0.1, -0.05) is 25.5 Å². The molecule has 0 aromatic heterocycles. The molecule has 6 N–H and O–H groups in total. The van der Waals surface area contributed by atoms with Crippen molar-refractivity contribution >= 4 is 29.4 Å². The van der Waals surface area contributed by atoms with Crippen LogP contribution in [0.5, 0.6) is 0 Å². The van der Waals surface area contributed by atoms with Crippen molar-refractivity contribution in [3.8, 4) is 0 Å². The molecule has 0 aromatic carbocycles. The first-order valence-corrected chi connectivity index (χ1v) is 17.7. The lowest BCUT2D eigenvalue weighted by molar-refractivity contribution is -0.173. The molecule has 2 aliphatic heterocycles. The van der Waals surface area contributed by atoms with Gasteiger partial charge < -0.3 is 34.9 Å². The van der Waals surface area contributed by atoms with Crippen molar-refractivity contribution in [1.29, 1.82) is 0 Å². The van der Waals surface area contributed by atoms with E-state index in [1.165, 1.54) is 5.57 Å². The minimum absolute atomic E-state index is 0.0242. The number of Topliss-reactive ketones (excluding diaryl/α,β-unsaturated/α-hetero) is 2.